The standard InChI is InChI=1S/C12H10FN5S/c13-7-1-3-8(4-2-7)15-10-9-5-6-19-11(9)17-12(16-10)18-14/h1-6H,14H2,(H2,15,16,17,18). The lowest BCUT2D eigenvalue weighted by Gasteiger charge is -2.08. The van der Waals surface area contributed by atoms with E-state index in [2.05, 4.69) is 20.7 Å². The predicted octanol–water partition coefficient (Wildman–Crippen LogP) is 2.86. The van der Waals surface area contributed by atoms with Crippen molar-refractivity contribution in [3.05, 3.63) is 41.5 Å². The first-order valence-corrected chi connectivity index (χ1v) is 6.38. The minimum absolute atomic E-state index is 0.279. The highest BCUT2D eigenvalue weighted by Gasteiger charge is 2.08. The molecule has 3 rings (SSSR count). The molecule has 0 radical (unpaired) electrons. The molecule has 3 aromatic rings. The van der Waals surface area contributed by atoms with Gasteiger partial charge in [0.1, 0.15) is 16.5 Å². The van der Waals surface area contributed by atoms with Crippen LogP contribution in [0.25, 0.3) is 10.2 Å². The van der Waals surface area contributed by atoms with Gasteiger partial charge in [-0.3, -0.25) is 5.43 Å². The van der Waals surface area contributed by atoms with Crippen molar-refractivity contribution in [3.63, 3.8) is 0 Å². The van der Waals surface area contributed by atoms with Gasteiger partial charge in [0.2, 0.25) is 5.95 Å². The molecule has 0 unspecified atom stereocenters. The highest BCUT2D eigenvalue weighted by molar-refractivity contribution is 7.16. The first-order valence-electron chi connectivity index (χ1n) is 5.51. The number of nitrogens with two attached hydrogens (primary N) is 1. The van der Waals surface area contributed by atoms with Crippen LogP contribution in [0.4, 0.5) is 21.8 Å². The summed E-state index contributed by atoms with van der Waals surface area (Å²) in [4.78, 5) is 9.33. The van der Waals surface area contributed by atoms with Gasteiger partial charge in [-0.15, -0.1) is 11.3 Å². The van der Waals surface area contributed by atoms with E-state index in [1.165, 1.54) is 23.5 Å². The molecular weight excluding hydrogens is 265 g/mol. The highest BCUT2D eigenvalue weighted by Crippen LogP contribution is 2.28. The van der Waals surface area contributed by atoms with Crippen molar-refractivity contribution in [1.82, 2.24) is 9.97 Å². The second kappa shape index (κ2) is 4.79. The lowest BCUT2D eigenvalue weighted by Crippen LogP contribution is -2.11. The summed E-state index contributed by atoms with van der Waals surface area (Å²) in [6, 6.07) is 7.98. The third kappa shape index (κ3) is 2.33. The Morgan fingerprint density at radius 2 is 1.89 bits per heavy atom. The smallest absolute Gasteiger partial charge is 0.240 e. The number of hydrazine groups is 1. The maximum atomic E-state index is 12.9. The number of benzene rings is 1. The molecule has 2 heterocycles. The summed E-state index contributed by atoms with van der Waals surface area (Å²) in [7, 11) is 0. The number of rotatable bonds is 3. The third-order valence-electron chi connectivity index (χ3n) is 2.56. The average Bonchev–Trinajstić information content (AvgIpc) is 2.89. The molecule has 0 aliphatic rings. The summed E-state index contributed by atoms with van der Waals surface area (Å²) < 4.78 is 12.9. The summed E-state index contributed by atoms with van der Waals surface area (Å²) in [5.74, 6) is 6.03. The van der Waals surface area contributed by atoms with Gasteiger partial charge in [-0.05, 0) is 35.7 Å². The molecule has 0 atom stereocenters. The van der Waals surface area contributed by atoms with Crippen LogP contribution >= 0.6 is 11.3 Å². The molecule has 0 fully saturated rings. The fraction of sp³-hybridized carbons (Fsp3) is 0. The van der Waals surface area contributed by atoms with Crippen molar-refractivity contribution < 1.29 is 4.39 Å². The number of halogens is 1. The molecular formula is C12H10FN5S. The number of thiophene rings is 1. The number of fused-ring (bicyclic) bond motifs is 1. The van der Waals surface area contributed by atoms with Crippen LogP contribution in [0, 0.1) is 5.82 Å². The first kappa shape index (κ1) is 11.8. The Bertz CT molecular complexity index is 710. The number of nitrogens with one attached hydrogen (secondary N) is 2. The molecule has 0 amide bonds. The molecule has 19 heavy (non-hydrogen) atoms. The van der Waals surface area contributed by atoms with Gasteiger partial charge in [-0.2, -0.15) is 4.98 Å². The number of anilines is 3. The fourth-order valence-electron chi connectivity index (χ4n) is 1.69. The predicted molar refractivity (Wildman–Crippen MR) is 74.9 cm³/mol. The molecule has 0 saturated carbocycles. The lowest BCUT2D eigenvalue weighted by molar-refractivity contribution is 0.628. The van der Waals surface area contributed by atoms with E-state index in [-0.39, 0.29) is 5.82 Å². The number of nitrogen functional groups attached to an aromatic ring is 1. The Balaban J connectivity index is 2.03. The van der Waals surface area contributed by atoms with Crippen LogP contribution in [0.15, 0.2) is 35.7 Å². The van der Waals surface area contributed by atoms with Gasteiger partial charge in [-0.25, -0.2) is 15.2 Å². The van der Waals surface area contributed by atoms with Crippen molar-refractivity contribution >= 4 is 39.0 Å². The van der Waals surface area contributed by atoms with Gasteiger partial charge in [0, 0.05) is 5.69 Å². The van der Waals surface area contributed by atoms with Gasteiger partial charge < -0.3 is 5.32 Å². The van der Waals surface area contributed by atoms with Gasteiger partial charge in [-0.1, -0.05) is 0 Å². The SMILES string of the molecule is NNc1nc(Nc2ccc(F)cc2)c2ccsc2n1. The molecule has 0 spiro atoms. The summed E-state index contributed by atoms with van der Waals surface area (Å²) in [5, 5.41) is 5.95. The van der Waals surface area contributed by atoms with Crippen molar-refractivity contribution in [2.75, 3.05) is 10.7 Å². The van der Waals surface area contributed by atoms with Crippen molar-refractivity contribution in [1.29, 1.82) is 0 Å². The van der Waals surface area contributed by atoms with E-state index in [0.717, 1.165) is 15.9 Å². The Morgan fingerprint density at radius 3 is 2.63 bits per heavy atom. The van der Waals surface area contributed by atoms with E-state index < -0.39 is 0 Å². The maximum Gasteiger partial charge on any atom is 0.240 e. The lowest BCUT2D eigenvalue weighted by atomic mass is 10.3. The number of hydrogen-bond acceptors (Lipinski definition) is 6. The normalized spacial score (nSPS) is 10.6. The monoisotopic (exact) mass is 275 g/mol. The van der Waals surface area contributed by atoms with Crippen LogP contribution in [0.1, 0.15) is 0 Å². The molecule has 0 aliphatic carbocycles. The topological polar surface area (TPSA) is 75.9 Å². The molecule has 2 aromatic heterocycles. The average molecular weight is 275 g/mol. The van der Waals surface area contributed by atoms with Crippen molar-refractivity contribution in [3.8, 4) is 0 Å². The van der Waals surface area contributed by atoms with Gasteiger partial charge >= 0.3 is 0 Å². The number of hydrogen-bond donors (Lipinski definition) is 3. The molecule has 1 aromatic carbocycles. The first-order chi connectivity index (χ1) is 9.26. The van der Waals surface area contributed by atoms with E-state index in [9.17, 15) is 4.39 Å². The van der Waals surface area contributed by atoms with E-state index in [0.29, 0.717) is 11.8 Å². The van der Waals surface area contributed by atoms with Crippen LogP contribution in [-0.2, 0) is 0 Å². The van der Waals surface area contributed by atoms with Crippen LogP contribution in [0.5, 0.6) is 0 Å². The zero-order valence-corrected chi connectivity index (χ0v) is 10.5. The van der Waals surface area contributed by atoms with E-state index >= 15 is 0 Å². The Kier molecular flexibility index (Phi) is 2.98. The molecule has 0 saturated heterocycles. The summed E-state index contributed by atoms with van der Waals surface area (Å²) in [6.07, 6.45) is 0. The molecule has 0 bridgehead atoms. The highest BCUT2D eigenvalue weighted by atomic mass is 32.1. The molecule has 7 heteroatoms. The van der Waals surface area contributed by atoms with Crippen LogP contribution in [-0.4, -0.2) is 9.97 Å². The second-order valence-corrected chi connectivity index (χ2v) is 4.71. The largest absolute Gasteiger partial charge is 0.340 e. The Hall–Kier alpha value is -2.25. The summed E-state index contributed by atoms with van der Waals surface area (Å²) in [5.41, 5.74) is 3.17. The second-order valence-electron chi connectivity index (χ2n) is 3.81. The quantitative estimate of drug-likeness (QED) is 0.506. The Morgan fingerprint density at radius 1 is 1.11 bits per heavy atom. The zero-order valence-electron chi connectivity index (χ0n) is 9.72. The molecule has 5 nitrogen and oxygen atoms in total. The van der Waals surface area contributed by atoms with Gasteiger partial charge in [0.05, 0.1) is 5.39 Å². The molecule has 96 valence electrons. The number of aromatic nitrogens is 2. The Labute approximate surface area is 112 Å². The maximum absolute atomic E-state index is 12.9. The minimum Gasteiger partial charge on any atom is -0.340 e. The van der Waals surface area contributed by atoms with Crippen molar-refractivity contribution in [2.45, 2.75) is 0 Å². The van der Waals surface area contributed by atoms with E-state index in [1.807, 2.05) is 11.4 Å². The molecule has 0 aliphatic heterocycles. The zero-order chi connectivity index (χ0) is 13.2. The summed E-state index contributed by atoms with van der Waals surface area (Å²) >= 11 is 1.50. The van der Waals surface area contributed by atoms with E-state index in [4.69, 9.17) is 5.84 Å². The molecule has 4 N–H and O–H groups in total. The third-order valence-corrected chi connectivity index (χ3v) is 3.37. The van der Waals surface area contributed by atoms with Gasteiger partial charge in [0.25, 0.3) is 0 Å². The van der Waals surface area contributed by atoms with Crippen LogP contribution in [0.2, 0.25) is 0 Å². The van der Waals surface area contributed by atoms with Crippen LogP contribution in [0.3, 0.4) is 0 Å². The summed E-state index contributed by atoms with van der Waals surface area (Å²) in [6.45, 7) is 0. The van der Waals surface area contributed by atoms with Gasteiger partial charge in [0.15, 0.2) is 0 Å². The fourth-order valence-corrected chi connectivity index (χ4v) is 2.45. The van der Waals surface area contributed by atoms with Crippen molar-refractivity contribution in [2.24, 2.45) is 5.84 Å². The minimum atomic E-state index is -0.279. The van der Waals surface area contributed by atoms with Crippen LogP contribution < -0.4 is 16.6 Å². The van der Waals surface area contributed by atoms with E-state index in [1.54, 1.807) is 12.1 Å². The number of nitrogens with zero attached hydrogens (tertiary/aromatic N) is 2.